The van der Waals surface area contributed by atoms with Crippen LogP contribution in [-0.2, 0) is 20.8 Å². The number of hydrogen-bond acceptors (Lipinski definition) is 7. The number of carbonyl (C=O) groups is 2. The Bertz CT molecular complexity index is 1240. The molecule has 0 bridgehead atoms. The first-order chi connectivity index (χ1) is 14.9. The molecule has 2 heterocycles. The van der Waals surface area contributed by atoms with E-state index in [1.165, 1.54) is 35.6 Å². The lowest BCUT2D eigenvalue weighted by molar-refractivity contribution is -0.140. The number of methoxy groups -OCH3 is 1. The first-order valence-corrected chi connectivity index (χ1v) is 10.9. The van der Waals surface area contributed by atoms with Crippen molar-refractivity contribution in [1.82, 2.24) is 9.55 Å². The fourth-order valence-electron chi connectivity index (χ4n) is 3.42. The highest BCUT2D eigenvalue weighted by molar-refractivity contribution is 8.00. The minimum atomic E-state index is -0.522. The summed E-state index contributed by atoms with van der Waals surface area (Å²) in [6.45, 7) is 2.02. The van der Waals surface area contributed by atoms with Gasteiger partial charge < -0.3 is 9.47 Å². The number of rotatable bonds is 5. The Balaban J connectivity index is 1.85. The Morgan fingerprint density at radius 2 is 2.06 bits per heavy atom. The molecule has 1 aliphatic rings. The van der Waals surface area contributed by atoms with Crippen molar-refractivity contribution in [2.75, 3.05) is 7.11 Å². The average molecular weight is 459 g/mol. The number of esters is 2. The molecule has 0 spiro atoms. The van der Waals surface area contributed by atoms with Gasteiger partial charge in [0.1, 0.15) is 11.4 Å². The molecule has 1 saturated heterocycles. The lowest BCUT2D eigenvalue weighted by atomic mass is 10.1. The third-order valence-corrected chi connectivity index (χ3v) is 6.56. The summed E-state index contributed by atoms with van der Waals surface area (Å²) in [5, 5.41) is 0.767. The van der Waals surface area contributed by atoms with E-state index in [0.717, 1.165) is 5.56 Å². The van der Waals surface area contributed by atoms with Gasteiger partial charge >= 0.3 is 11.9 Å². The minimum absolute atomic E-state index is 0.194. The molecule has 160 valence electrons. The molecule has 1 aromatic heterocycles. The number of hydrogen-bond donors (Lipinski definition) is 0. The van der Waals surface area contributed by atoms with Crippen LogP contribution in [0.15, 0.2) is 52.4 Å². The van der Waals surface area contributed by atoms with E-state index in [0.29, 0.717) is 27.5 Å². The standard InChI is InChI=1S/C22H19ClN2O5S/c1-12-9-18(21(28)30-12)31-22-24-17-10-13(20(27)29-2)7-8-15(17)19(26)25(22)11-14-5-3-4-6-16(14)23/h3-8,10,12,18H,9,11H2,1-2H3/t12-,18-/m1/s1. The van der Waals surface area contributed by atoms with Crippen LogP contribution in [0.25, 0.3) is 10.9 Å². The van der Waals surface area contributed by atoms with Crippen LogP contribution in [0, 0.1) is 0 Å². The third-order valence-electron chi connectivity index (χ3n) is 5.00. The normalized spacial score (nSPS) is 18.2. The van der Waals surface area contributed by atoms with E-state index >= 15 is 0 Å². The summed E-state index contributed by atoms with van der Waals surface area (Å²) in [5.41, 5.74) is 1.10. The zero-order chi connectivity index (χ0) is 22.1. The van der Waals surface area contributed by atoms with Crippen molar-refractivity contribution in [2.45, 2.75) is 36.4 Å². The number of halogens is 1. The average Bonchev–Trinajstić information content (AvgIpc) is 3.07. The van der Waals surface area contributed by atoms with Gasteiger partial charge in [-0.2, -0.15) is 0 Å². The SMILES string of the molecule is COC(=O)c1ccc2c(=O)n(Cc3ccccc3Cl)c(S[C@@H]3C[C@@H](C)OC3=O)nc2c1. The van der Waals surface area contributed by atoms with Gasteiger partial charge in [-0.05, 0) is 36.8 Å². The van der Waals surface area contributed by atoms with Gasteiger partial charge in [0, 0.05) is 11.4 Å². The summed E-state index contributed by atoms with van der Waals surface area (Å²) >= 11 is 7.50. The highest BCUT2D eigenvalue weighted by Crippen LogP contribution is 2.32. The van der Waals surface area contributed by atoms with Gasteiger partial charge in [-0.1, -0.05) is 41.6 Å². The number of thioether (sulfide) groups is 1. The molecule has 0 amide bonds. The maximum Gasteiger partial charge on any atom is 0.337 e. The van der Waals surface area contributed by atoms with Crippen LogP contribution in [-0.4, -0.2) is 40.0 Å². The Hall–Kier alpha value is -2.84. The third kappa shape index (κ3) is 4.31. The van der Waals surface area contributed by atoms with Gasteiger partial charge in [0.25, 0.3) is 5.56 Å². The predicted octanol–water partition coefficient (Wildman–Crippen LogP) is 3.68. The van der Waals surface area contributed by atoms with Crippen LogP contribution < -0.4 is 5.56 Å². The van der Waals surface area contributed by atoms with Crippen LogP contribution in [0.3, 0.4) is 0 Å². The monoisotopic (exact) mass is 458 g/mol. The van der Waals surface area contributed by atoms with Crippen LogP contribution in [0.4, 0.5) is 0 Å². The van der Waals surface area contributed by atoms with Crippen LogP contribution >= 0.6 is 23.4 Å². The van der Waals surface area contributed by atoms with Crippen LogP contribution in [0.2, 0.25) is 5.02 Å². The lowest BCUT2D eigenvalue weighted by Gasteiger charge is -2.15. The molecule has 4 rings (SSSR count). The lowest BCUT2D eigenvalue weighted by Crippen LogP contribution is -2.25. The smallest absolute Gasteiger partial charge is 0.337 e. The summed E-state index contributed by atoms with van der Waals surface area (Å²) in [4.78, 5) is 42.1. The van der Waals surface area contributed by atoms with Gasteiger partial charge in [-0.15, -0.1) is 0 Å². The first-order valence-electron chi connectivity index (χ1n) is 9.61. The van der Waals surface area contributed by atoms with E-state index in [1.807, 2.05) is 25.1 Å². The van der Waals surface area contributed by atoms with Gasteiger partial charge in [0.15, 0.2) is 5.16 Å². The maximum atomic E-state index is 13.4. The Morgan fingerprint density at radius 1 is 1.29 bits per heavy atom. The quantitative estimate of drug-likeness (QED) is 0.425. The van der Waals surface area contributed by atoms with Gasteiger partial charge in [0.2, 0.25) is 0 Å². The summed E-state index contributed by atoms with van der Waals surface area (Å²) in [5.74, 6) is -0.856. The van der Waals surface area contributed by atoms with E-state index in [1.54, 1.807) is 12.1 Å². The molecule has 0 saturated carbocycles. The predicted molar refractivity (Wildman–Crippen MR) is 118 cm³/mol. The molecule has 31 heavy (non-hydrogen) atoms. The zero-order valence-corrected chi connectivity index (χ0v) is 18.4. The van der Waals surface area contributed by atoms with Gasteiger partial charge in [-0.3, -0.25) is 14.2 Å². The largest absolute Gasteiger partial charge is 0.465 e. The second-order valence-corrected chi connectivity index (χ2v) is 8.77. The molecule has 0 aliphatic carbocycles. The maximum absolute atomic E-state index is 13.4. The molecule has 0 unspecified atom stereocenters. The molecule has 1 fully saturated rings. The summed E-state index contributed by atoms with van der Waals surface area (Å²) < 4.78 is 11.5. The molecule has 0 radical (unpaired) electrons. The fourth-order valence-corrected chi connectivity index (χ4v) is 4.81. The van der Waals surface area contributed by atoms with Crippen LogP contribution in [0.1, 0.15) is 29.3 Å². The second kappa shape index (κ2) is 8.72. The number of nitrogens with zero attached hydrogens (tertiary/aromatic N) is 2. The van der Waals surface area contributed by atoms with Gasteiger partial charge in [-0.25, -0.2) is 9.78 Å². The number of fused-ring (bicyclic) bond motifs is 1. The van der Waals surface area contributed by atoms with Crippen molar-refractivity contribution < 1.29 is 19.1 Å². The van der Waals surface area contributed by atoms with Crippen molar-refractivity contribution in [3.05, 3.63) is 69.0 Å². The fraction of sp³-hybridized carbons (Fsp3) is 0.273. The molecule has 1 aliphatic heterocycles. The Morgan fingerprint density at radius 3 is 2.74 bits per heavy atom. The Kier molecular flexibility index (Phi) is 6.02. The first kappa shape index (κ1) is 21.4. The molecule has 2 aromatic carbocycles. The summed E-state index contributed by atoms with van der Waals surface area (Å²) in [6.07, 6.45) is 0.325. The molecular weight excluding hydrogens is 440 g/mol. The Labute approximate surface area is 187 Å². The molecular formula is C22H19ClN2O5S. The molecule has 7 nitrogen and oxygen atoms in total. The molecule has 9 heteroatoms. The second-order valence-electron chi connectivity index (χ2n) is 7.19. The highest BCUT2D eigenvalue weighted by atomic mass is 35.5. The van der Waals surface area contributed by atoms with Crippen molar-refractivity contribution in [1.29, 1.82) is 0 Å². The van der Waals surface area contributed by atoms with E-state index in [4.69, 9.17) is 21.1 Å². The van der Waals surface area contributed by atoms with Crippen molar-refractivity contribution >= 4 is 46.2 Å². The van der Waals surface area contributed by atoms with Gasteiger partial charge in [0.05, 0.1) is 30.1 Å². The van der Waals surface area contributed by atoms with E-state index < -0.39 is 11.2 Å². The topological polar surface area (TPSA) is 87.5 Å². The number of carbonyl (C=O) groups excluding carboxylic acids is 2. The number of cyclic esters (lactones) is 1. The van der Waals surface area contributed by atoms with Crippen molar-refractivity contribution in [2.24, 2.45) is 0 Å². The summed E-state index contributed by atoms with van der Waals surface area (Å²) in [6, 6.07) is 11.8. The van der Waals surface area contributed by atoms with E-state index in [-0.39, 0.29) is 29.7 Å². The number of benzene rings is 2. The van der Waals surface area contributed by atoms with Crippen molar-refractivity contribution in [3.63, 3.8) is 0 Å². The summed E-state index contributed by atoms with van der Waals surface area (Å²) in [7, 11) is 1.29. The van der Waals surface area contributed by atoms with E-state index in [9.17, 15) is 14.4 Å². The number of ether oxygens (including phenoxy) is 2. The zero-order valence-electron chi connectivity index (χ0n) is 16.8. The molecule has 0 N–H and O–H groups in total. The van der Waals surface area contributed by atoms with E-state index in [2.05, 4.69) is 4.98 Å². The minimum Gasteiger partial charge on any atom is -0.465 e. The highest BCUT2D eigenvalue weighted by Gasteiger charge is 2.34. The molecule has 3 aromatic rings. The van der Waals surface area contributed by atoms with Crippen LogP contribution in [0.5, 0.6) is 0 Å². The number of aromatic nitrogens is 2. The molecule has 2 atom stereocenters. The van der Waals surface area contributed by atoms with Crippen molar-refractivity contribution in [3.8, 4) is 0 Å².